The molecule has 18 heavy (non-hydrogen) atoms. The van der Waals surface area contributed by atoms with E-state index in [4.69, 9.17) is 5.11 Å². The van der Waals surface area contributed by atoms with E-state index in [-0.39, 0.29) is 11.9 Å². The van der Waals surface area contributed by atoms with Gasteiger partial charge in [0.05, 0.1) is 0 Å². The molecule has 98 valence electrons. The number of benzene rings is 1. The Bertz CT molecular complexity index is 443. The first-order chi connectivity index (χ1) is 8.56. The summed E-state index contributed by atoms with van der Waals surface area (Å²) in [6.07, 6.45) is 0.639. The summed E-state index contributed by atoms with van der Waals surface area (Å²) in [5.41, 5.74) is 1.79. The number of anilines is 1. The predicted octanol–water partition coefficient (Wildman–Crippen LogP) is 2.69. The zero-order chi connectivity index (χ0) is 13.1. The molecule has 1 heterocycles. The van der Waals surface area contributed by atoms with Crippen LogP contribution in [0.3, 0.4) is 0 Å². The number of likely N-dealkylation sites (tertiary alicyclic amines) is 1. The van der Waals surface area contributed by atoms with Crippen molar-refractivity contribution in [1.82, 2.24) is 4.90 Å². The normalized spacial score (nSPS) is 16.7. The summed E-state index contributed by atoms with van der Waals surface area (Å²) in [7, 11) is 0. The summed E-state index contributed by atoms with van der Waals surface area (Å²) < 4.78 is 13.1. The fourth-order valence-corrected chi connectivity index (χ4v) is 2.18. The second-order valence-corrected chi connectivity index (χ2v) is 4.65. The van der Waals surface area contributed by atoms with Gasteiger partial charge in [-0.3, -0.25) is 0 Å². The molecule has 1 saturated heterocycles. The van der Waals surface area contributed by atoms with Gasteiger partial charge in [-0.15, -0.1) is 0 Å². The van der Waals surface area contributed by atoms with Crippen LogP contribution < -0.4 is 5.32 Å². The van der Waals surface area contributed by atoms with E-state index < -0.39 is 6.09 Å². The maximum atomic E-state index is 13.1. The molecule has 1 amide bonds. The second-order valence-electron chi connectivity index (χ2n) is 4.65. The second kappa shape index (κ2) is 5.25. The summed E-state index contributed by atoms with van der Waals surface area (Å²) in [6, 6.07) is 4.87. The highest BCUT2D eigenvalue weighted by atomic mass is 19.1. The van der Waals surface area contributed by atoms with Crippen molar-refractivity contribution in [3.63, 3.8) is 0 Å². The zero-order valence-corrected chi connectivity index (χ0v) is 10.3. The van der Waals surface area contributed by atoms with Gasteiger partial charge in [-0.2, -0.15) is 0 Å². The number of carbonyl (C=O) groups is 1. The molecule has 0 unspecified atom stereocenters. The number of hydrogen-bond acceptors (Lipinski definition) is 2. The Morgan fingerprint density at radius 3 is 2.72 bits per heavy atom. The van der Waals surface area contributed by atoms with E-state index in [1.54, 1.807) is 6.07 Å². The predicted molar refractivity (Wildman–Crippen MR) is 67.4 cm³/mol. The molecule has 1 aromatic rings. The van der Waals surface area contributed by atoms with Gasteiger partial charge in [-0.05, 0) is 37.5 Å². The SMILES string of the molecule is Cc1ccc(F)cc1NC1CCN(C(=O)O)CC1. The molecule has 0 atom stereocenters. The van der Waals surface area contributed by atoms with Crippen molar-refractivity contribution >= 4 is 11.8 Å². The fraction of sp³-hybridized carbons (Fsp3) is 0.462. The quantitative estimate of drug-likeness (QED) is 0.850. The number of nitrogens with one attached hydrogen (secondary N) is 1. The molecule has 0 spiro atoms. The lowest BCUT2D eigenvalue weighted by molar-refractivity contribution is 0.134. The maximum absolute atomic E-state index is 13.1. The molecular weight excluding hydrogens is 235 g/mol. The fourth-order valence-electron chi connectivity index (χ4n) is 2.18. The van der Waals surface area contributed by atoms with Gasteiger partial charge in [0.15, 0.2) is 0 Å². The van der Waals surface area contributed by atoms with Gasteiger partial charge in [-0.1, -0.05) is 6.07 Å². The molecule has 0 radical (unpaired) electrons. The smallest absolute Gasteiger partial charge is 0.407 e. The number of aryl methyl sites for hydroxylation is 1. The van der Waals surface area contributed by atoms with E-state index in [0.717, 1.165) is 24.1 Å². The van der Waals surface area contributed by atoms with Crippen molar-refractivity contribution in [3.05, 3.63) is 29.6 Å². The molecule has 0 aliphatic carbocycles. The van der Waals surface area contributed by atoms with Crippen LogP contribution in [-0.4, -0.2) is 35.2 Å². The van der Waals surface area contributed by atoms with Crippen LogP contribution in [0.15, 0.2) is 18.2 Å². The Kier molecular flexibility index (Phi) is 3.69. The topological polar surface area (TPSA) is 52.6 Å². The Hall–Kier alpha value is -1.78. The molecule has 1 aromatic carbocycles. The van der Waals surface area contributed by atoms with E-state index in [1.165, 1.54) is 17.0 Å². The number of piperidine rings is 1. The standard InChI is InChI=1S/C13H17FN2O2/c1-9-2-3-10(14)8-12(9)15-11-4-6-16(7-5-11)13(17)18/h2-3,8,11,15H,4-7H2,1H3,(H,17,18). The van der Waals surface area contributed by atoms with Crippen molar-refractivity contribution in [2.45, 2.75) is 25.8 Å². The minimum absolute atomic E-state index is 0.209. The Balaban J connectivity index is 1.95. The third-order valence-corrected chi connectivity index (χ3v) is 3.32. The summed E-state index contributed by atoms with van der Waals surface area (Å²) in [6.45, 7) is 2.98. The molecule has 2 N–H and O–H groups in total. The minimum Gasteiger partial charge on any atom is -0.465 e. The van der Waals surface area contributed by atoms with Gasteiger partial charge in [0.25, 0.3) is 0 Å². The molecule has 5 heteroatoms. The molecule has 1 aliphatic rings. The Labute approximate surface area is 105 Å². The molecule has 1 fully saturated rings. The molecule has 0 bridgehead atoms. The van der Waals surface area contributed by atoms with E-state index in [2.05, 4.69) is 5.32 Å². The number of carboxylic acid groups (broad SMARTS) is 1. The highest BCUT2D eigenvalue weighted by molar-refractivity contribution is 5.65. The first-order valence-electron chi connectivity index (χ1n) is 6.07. The van der Waals surface area contributed by atoms with Gasteiger partial charge < -0.3 is 15.3 Å². The van der Waals surface area contributed by atoms with Crippen LogP contribution in [-0.2, 0) is 0 Å². The number of halogens is 1. The van der Waals surface area contributed by atoms with E-state index >= 15 is 0 Å². The number of hydrogen-bond donors (Lipinski definition) is 2. The van der Waals surface area contributed by atoms with Crippen LogP contribution in [0.25, 0.3) is 0 Å². The minimum atomic E-state index is -0.865. The third kappa shape index (κ3) is 2.91. The van der Waals surface area contributed by atoms with Crippen LogP contribution in [0.1, 0.15) is 18.4 Å². The van der Waals surface area contributed by atoms with Crippen molar-refractivity contribution in [1.29, 1.82) is 0 Å². The highest BCUT2D eigenvalue weighted by Crippen LogP contribution is 2.20. The average molecular weight is 252 g/mol. The lowest BCUT2D eigenvalue weighted by atomic mass is 10.0. The van der Waals surface area contributed by atoms with Crippen molar-refractivity contribution < 1.29 is 14.3 Å². The lowest BCUT2D eigenvalue weighted by Crippen LogP contribution is -2.41. The molecule has 1 aliphatic heterocycles. The monoisotopic (exact) mass is 252 g/mol. The maximum Gasteiger partial charge on any atom is 0.407 e. The number of rotatable bonds is 2. The van der Waals surface area contributed by atoms with E-state index in [0.29, 0.717) is 13.1 Å². The Morgan fingerprint density at radius 2 is 2.11 bits per heavy atom. The summed E-state index contributed by atoms with van der Waals surface area (Å²) in [5, 5.41) is 12.1. The average Bonchev–Trinajstić information content (AvgIpc) is 2.34. The third-order valence-electron chi connectivity index (χ3n) is 3.32. The molecule has 2 rings (SSSR count). The number of amides is 1. The van der Waals surface area contributed by atoms with Gasteiger partial charge in [-0.25, -0.2) is 9.18 Å². The van der Waals surface area contributed by atoms with Crippen LogP contribution in [0, 0.1) is 12.7 Å². The number of nitrogens with zero attached hydrogens (tertiary/aromatic N) is 1. The molecular formula is C13H17FN2O2. The van der Waals surface area contributed by atoms with Crippen molar-refractivity contribution in [3.8, 4) is 0 Å². The van der Waals surface area contributed by atoms with Gasteiger partial charge in [0.2, 0.25) is 0 Å². The molecule has 0 aromatic heterocycles. The van der Waals surface area contributed by atoms with Crippen LogP contribution >= 0.6 is 0 Å². The first kappa shape index (κ1) is 12.7. The van der Waals surface area contributed by atoms with Crippen molar-refractivity contribution in [2.24, 2.45) is 0 Å². The van der Waals surface area contributed by atoms with Crippen LogP contribution in [0.5, 0.6) is 0 Å². The van der Waals surface area contributed by atoms with Crippen molar-refractivity contribution in [2.75, 3.05) is 18.4 Å². The first-order valence-corrected chi connectivity index (χ1v) is 6.07. The van der Waals surface area contributed by atoms with Gasteiger partial charge in [0, 0.05) is 24.8 Å². The largest absolute Gasteiger partial charge is 0.465 e. The van der Waals surface area contributed by atoms with Gasteiger partial charge >= 0.3 is 6.09 Å². The lowest BCUT2D eigenvalue weighted by Gasteiger charge is -2.31. The van der Waals surface area contributed by atoms with E-state index in [1.807, 2.05) is 6.92 Å². The van der Waals surface area contributed by atoms with Crippen LogP contribution in [0.4, 0.5) is 14.9 Å². The van der Waals surface area contributed by atoms with Crippen LogP contribution in [0.2, 0.25) is 0 Å². The summed E-state index contributed by atoms with van der Waals surface area (Å²) in [4.78, 5) is 12.2. The summed E-state index contributed by atoms with van der Waals surface area (Å²) in [5.74, 6) is -0.258. The highest BCUT2D eigenvalue weighted by Gasteiger charge is 2.22. The molecule has 4 nitrogen and oxygen atoms in total. The van der Waals surface area contributed by atoms with Gasteiger partial charge in [0.1, 0.15) is 5.82 Å². The summed E-state index contributed by atoms with van der Waals surface area (Å²) >= 11 is 0. The molecule has 0 saturated carbocycles. The Morgan fingerprint density at radius 1 is 1.44 bits per heavy atom. The zero-order valence-electron chi connectivity index (χ0n) is 10.3. The van der Waals surface area contributed by atoms with E-state index in [9.17, 15) is 9.18 Å².